The maximum absolute atomic E-state index is 13.0. The molecule has 0 unspecified atom stereocenters. The molecule has 0 aliphatic rings. The van der Waals surface area contributed by atoms with E-state index in [4.69, 9.17) is 9.47 Å². The Balaban J connectivity index is 2.36. The van der Waals surface area contributed by atoms with E-state index in [1.807, 2.05) is 39.0 Å². The van der Waals surface area contributed by atoms with Crippen LogP contribution >= 0.6 is 0 Å². The first kappa shape index (κ1) is 19.3. The van der Waals surface area contributed by atoms with E-state index < -0.39 is 10.0 Å². The summed E-state index contributed by atoms with van der Waals surface area (Å²) in [6, 6.07) is 10.8. The Morgan fingerprint density at radius 3 is 2.20 bits per heavy atom. The van der Waals surface area contributed by atoms with Crippen LogP contribution in [0, 0.1) is 13.8 Å². The van der Waals surface area contributed by atoms with Gasteiger partial charge in [-0.05, 0) is 43.2 Å². The number of benzene rings is 2. The number of aryl methyl sites for hydroxylation is 2. The van der Waals surface area contributed by atoms with Crippen LogP contribution in [-0.2, 0) is 16.6 Å². The third-order valence-corrected chi connectivity index (χ3v) is 6.19. The lowest BCUT2D eigenvalue weighted by Gasteiger charge is -2.22. The molecule has 0 fully saturated rings. The summed E-state index contributed by atoms with van der Waals surface area (Å²) >= 11 is 0. The third-order valence-electron chi connectivity index (χ3n) is 4.11. The van der Waals surface area contributed by atoms with Crippen molar-refractivity contribution in [3.8, 4) is 11.5 Å². The van der Waals surface area contributed by atoms with Gasteiger partial charge in [0.25, 0.3) is 0 Å². The van der Waals surface area contributed by atoms with Gasteiger partial charge in [-0.25, -0.2) is 8.42 Å². The van der Waals surface area contributed by atoms with E-state index in [0.717, 1.165) is 16.7 Å². The van der Waals surface area contributed by atoms with Crippen LogP contribution in [0.25, 0.3) is 0 Å². The minimum Gasteiger partial charge on any atom is -0.493 e. The van der Waals surface area contributed by atoms with Crippen molar-refractivity contribution in [1.29, 1.82) is 0 Å². The maximum atomic E-state index is 13.0. The summed E-state index contributed by atoms with van der Waals surface area (Å²) in [6.07, 6.45) is 0. The first-order valence-electron chi connectivity index (χ1n) is 8.11. The zero-order valence-corrected chi connectivity index (χ0v) is 16.2. The fourth-order valence-corrected chi connectivity index (χ4v) is 4.42. The highest BCUT2D eigenvalue weighted by Gasteiger charge is 2.25. The van der Waals surface area contributed by atoms with Gasteiger partial charge in [0.1, 0.15) is 0 Å². The van der Waals surface area contributed by atoms with E-state index in [1.165, 1.54) is 4.31 Å². The summed E-state index contributed by atoms with van der Waals surface area (Å²) in [5.41, 5.74) is 2.64. The minimum atomic E-state index is -3.57. The molecule has 0 bridgehead atoms. The van der Waals surface area contributed by atoms with Crippen LogP contribution in [0.3, 0.4) is 0 Å². The van der Waals surface area contributed by atoms with Crippen molar-refractivity contribution < 1.29 is 17.9 Å². The Hall–Kier alpha value is -2.05. The van der Waals surface area contributed by atoms with Crippen molar-refractivity contribution in [2.24, 2.45) is 0 Å². The molecule has 0 amide bonds. The van der Waals surface area contributed by atoms with Gasteiger partial charge < -0.3 is 9.47 Å². The van der Waals surface area contributed by atoms with Crippen LogP contribution in [0.5, 0.6) is 11.5 Å². The normalized spacial score (nSPS) is 11.6. The van der Waals surface area contributed by atoms with E-state index in [2.05, 4.69) is 0 Å². The average molecular weight is 363 g/mol. The van der Waals surface area contributed by atoms with Crippen molar-refractivity contribution >= 4 is 10.0 Å². The Bertz CT molecular complexity index is 846. The van der Waals surface area contributed by atoms with Crippen LogP contribution in [0.1, 0.15) is 23.6 Å². The molecule has 0 atom stereocenters. The molecular formula is C19H25NO4S. The van der Waals surface area contributed by atoms with E-state index in [-0.39, 0.29) is 6.54 Å². The van der Waals surface area contributed by atoms with Gasteiger partial charge in [-0.15, -0.1) is 0 Å². The molecule has 0 radical (unpaired) electrons. The highest BCUT2D eigenvalue weighted by molar-refractivity contribution is 7.89. The average Bonchev–Trinajstić information content (AvgIpc) is 2.58. The molecule has 0 spiro atoms. The largest absolute Gasteiger partial charge is 0.493 e. The molecule has 2 aromatic rings. The lowest BCUT2D eigenvalue weighted by Crippen LogP contribution is -2.31. The molecular weight excluding hydrogens is 338 g/mol. The van der Waals surface area contributed by atoms with Crippen LogP contribution < -0.4 is 9.47 Å². The van der Waals surface area contributed by atoms with Crippen LogP contribution in [0.2, 0.25) is 0 Å². The Kier molecular flexibility index (Phi) is 6.08. The van der Waals surface area contributed by atoms with Gasteiger partial charge in [0.2, 0.25) is 10.0 Å². The monoisotopic (exact) mass is 363 g/mol. The quantitative estimate of drug-likeness (QED) is 0.755. The SMILES string of the molecule is CCN(Cc1ccc(OC)c(OC)c1)S(=O)(=O)c1ccc(C)cc1C. The molecule has 0 aliphatic heterocycles. The maximum Gasteiger partial charge on any atom is 0.243 e. The van der Waals surface area contributed by atoms with Crippen LogP contribution in [0.4, 0.5) is 0 Å². The van der Waals surface area contributed by atoms with Gasteiger partial charge in [-0.3, -0.25) is 0 Å². The second-order valence-electron chi connectivity index (χ2n) is 5.89. The number of ether oxygens (including phenoxy) is 2. The number of hydrogen-bond acceptors (Lipinski definition) is 4. The molecule has 0 heterocycles. The third kappa shape index (κ3) is 4.14. The summed E-state index contributed by atoms with van der Waals surface area (Å²) in [4.78, 5) is 0.348. The van der Waals surface area contributed by atoms with E-state index in [0.29, 0.717) is 22.9 Å². The second-order valence-corrected chi connectivity index (χ2v) is 7.80. The van der Waals surface area contributed by atoms with Gasteiger partial charge in [0.15, 0.2) is 11.5 Å². The number of rotatable bonds is 7. The Morgan fingerprint density at radius 1 is 0.960 bits per heavy atom. The number of hydrogen-bond donors (Lipinski definition) is 0. The predicted molar refractivity (Wildman–Crippen MR) is 98.7 cm³/mol. The summed E-state index contributed by atoms with van der Waals surface area (Å²) in [7, 11) is -0.440. The molecule has 136 valence electrons. The molecule has 0 saturated carbocycles. The molecule has 6 heteroatoms. The fraction of sp³-hybridized carbons (Fsp3) is 0.368. The minimum absolute atomic E-state index is 0.270. The molecule has 0 saturated heterocycles. The predicted octanol–water partition coefficient (Wildman–Crippen LogP) is 3.53. The molecule has 2 aromatic carbocycles. The van der Waals surface area contributed by atoms with Crippen molar-refractivity contribution in [3.63, 3.8) is 0 Å². The highest BCUT2D eigenvalue weighted by Crippen LogP contribution is 2.29. The summed E-state index contributed by atoms with van der Waals surface area (Å²) in [5.74, 6) is 1.20. The molecule has 0 aliphatic carbocycles. The van der Waals surface area contributed by atoms with E-state index in [1.54, 1.807) is 32.4 Å². The highest BCUT2D eigenvalue weighted by atomic mass is 32.2. The molecule has 0 N–H and O–H groups in total. The van der Waals surface area contributed by atoms with Gasteiger partial charge in [0.05, 0.1) is 19.1 Å². The summed E-state index contributed by atoms with van der Waals surface area (Å²) in [6.45, 7) is 6.26. The van der Waals surface area contributed by atoms with Gasteiger partial charge in [0, 0.05) is 13.1 Å². The molecule has 0 aromatic heterocycles. The smallest absolute Gasteiger partial charge is 0.243 e. The molecule has 5 nitrogen and oxygen atoms in total. The zero-order chi connectivity index (χ0) is 18.6. The zero-order valence-electron chi connectivity index (χ0n) is 15.4. The number of methoxy groups -OCH3 is 2. The molecule has 25 heavy (non-hydrogen) atoms. The second kappa shape index (κ2) is 7.89. The van der Waals surface area contributed by atoms with Gasteiger partial charge >= 0.3 is 0 Å². The lowest BCUT2D eigenvalue weighted by atomic mass is 10.2. The fourth-order valence-electron chi connectivity index (χ4n) is 2.78. The van der Waals surface area contributed by atoms with Crippen molar-refractivity contribution in [2.45, 2.75) is 32.2 Å². The van der Waals surface area contributed by atoms with Crippen molar-refractivity contribution in [3.05, 3.63) is 53.1 Å². The van der Waals surface area contributed by atoms with Gasteiger partial charge in [-0.2, -0.15) is 4.31 Å². The number of nitrogens with zero attached hydrogens (tertiary/aromatic N) is 1. The first-order valence-corrected chi connectivity index (χ1v) is 9.55. The standard InChI is InChI=1S/C19H25NO4S/c1-6-20(13-16-8-9-17(23-4)18(12-16)24-5)25(21,22)19-10-7-14(2)11-15(19)3/h7-12H,6,13H2,1-5H3. The Labute approximate surface area is 150 Å². The van der Waals surface area contributed by atoms with Crippen molar-refractivity contribution in [2.75, 3.05) is 20.8 Å². The van der Waals surface area contributed by atoms with Crippen LogP contribution in [0.15, 0.2) is 41.3 Å². The van der Waals surface area contributed by atoms with E-state index in [9.17, 15) is 8.42 Å². The topological polar surface area (TPSA) is 55.8 Å². The summed E-state index contributed by atoms with van der Waals surface area (Å²) < 4.78 is 38.1. The van der Waals surface area contributed by atoms with Crippen molar-refractivity contribution in [1.82, 2.24) is 4.31 Å². The van der Waals surface area contributed by atoms with Crippen LogP contribution in [-0.4, -0.2) is 33.5 Å². The lowest BCUT2D eigenvalue weighted by molar-refractivity contribution is 0.353. The van der Waals surface area contributed by atoms with E-state index >= 15 is 0 Å². The Morgan fingerprint density at radius 2 is 1.64 bits per heavy atom. The first-order chi connectivity index (χ1) is 11.8. The molecule has 2 rings (SSSR count). The number of sulfonamides is 1. The van der Waals surface area contributed by atoms with Gasteiger partial charge in [-0.1, -0.05) is 30.7 Å². The summed E-state index contributed by atoms with van der Waals surface area (Å²) in [5, 5.41) is 0.